The van der Waals surface area contributed by atoms with Crippen molar-refractivity contribution in [2.75, 3.05) is 5.73 Å². The van der Waals surface area contributed by atoms with Gasteiger partial charge in [0.25, 0.3) is 0 Å². The number of anilines is 1. The Morgan fingerprint density at radius 2 is 2.00 bits per heavy atom. The number of benzene rings is 1. The number of nitrogens with zero attached hydrogens (tertiary/aromatic N) is 1. The smallest absolute Gasteiger partial charge is 0.0642 e. The number of nitrogen functional groups attached to an aromatic ring is 1. The lowest BCUT2D eigenvalue weighted by atomic mass is 10.1. The molecule has 0 atom stereocenters. The van der Waals surface area contributed by atoms with E-state index in [9.17, 15) is 0 Å². The zero-order valence-corrected chi connectivity index (χ0v) is 10.3. The van der Waals surface area contributed by atoms with Crippen molar-refractivity contribution in [1.29, 1.82) is 0 Å². The normalized spacial score (nSPS) is 13.6. The molecule has 0 fully saturated rings. The maximum absolute atomic E-state index is 5.90. The summed E-state index contributed by atoms with van der Waals surface area (Å²) in [6.45, 7) is 0. The van der Waals surface area contributed by atoms with Gasteiger partial charge < -0.3 is 5.73 Å². The Kier molecular flexibility index (Phi) is 2.77. The number of hydrogen-bond donors (Lipinski definition) is 1. The molecule has 0 saturated carbocycles. The van der Waals surface area contributed by atoms with Crippen LogP contribution in [0.5, 0.6) is 0 Å². The van der Waals surface area contributed by atoms with Crippen LogP contribution in [0.25, 0.3) is 0 Å². The molecule has 0 unspecified atom stereocenters. The second-order valence-corrected chi connectivity index (χ2v) is 5.41. The fourth-order valence-corrected chi connectivity index (χ4v) is 3.12. The highest BCUT2D eigenvalue weighted by Gasteiger charge is 2.11. The van der Waals surface area contributed by atoms with Crippen molar-refractivity contribution >= 4 is 17.4 Å². The quantitative estimate of drug-likeness (QED) is 0.878. The van der Waals surface area contributed by atoms with E-state index in [1.54, 1.807) is 24.2 Å². The number of nitrogens with two attached hydrogens (primary N) is 1. The van der Waals surface area contributed by atoms with Crippen molar-refractivity contribution in [1.82, 2.24) is 4.98 Å². The fraction of sp³-hybridized carbons (Fsp3) is 0.214. The first-order valence-corrected chi connectivity index (χ1v) is 6.64. The van der Waals surface area contributed by atoms with Crippen molar-refractivity contribution in [3.63, 3.8) is 0 Å². The summed E-state index contributed by atoms with van der Waals surface area (Å²) in [5, 5.41) is 0. The first-order chi connectivity index (χ1) is 8.33. The monoisotopic (exact) mass is 242 g/mol. The van der Waals surface area contributed by atoms with Gasteiger partial charge in [-0.1, -0.05) is 17.8 Å². The molecule has 0 aliphatic heterocycles. The molecule has 2 nitrogen and oxygen atoms in total. The van der Waals surface area contributed by atoms with Crippen molar-refractivity contribution < 1.29 is 0 Å². The minimum atomic E-state index is 0.748. The zero-order chi connectivity index (χ0) is 11.7. The minimum absolute atomic E-state index is 0.748. The lowest BCUT2D eigenvalue weighted by Gasteiger charge is -2.06. The predicted octanol–water partition coefficient (Wildman–Crippen LogP) is 3.30. The van der Waals surface area contributed by atoms with Crippen LogP contribution in [0.4, 0.5) is 5.69 Å². The van der Waals surface area contributed by atoms with Crippen molar-refractivity contribution in [3.8, 4) is 0 Å². The van der Waals surface area contributed by atoms with Crippen LogP contribution >= 0.6 is 11.8 Å². The minimum Gasteiger partial charge on any atom is -0.397 e. The molecule has 1 aliphatic carbocycles. The first-order valence-electron chi connectivity index (χ1n) is 5.82. The highest BCUT2D eigenvalue weighted by molar-refractivity contribution is 7.99. The average molecular weight is 242 g/mol. The Balaban J connectivity index is 1.89. The number of pyridine rings is 1. The number of aromatic nitrogens is 1. The van der Waals surface area contributed by atoms with Crippen molar-refractivity contribution in [2.24, 2.45) is 0 Å². The fourth-order valence-electron chi connectivity index (χ4n) is 2.23. The Bertz CT molecular complexity index is 552. The third kappa shape index (κ3) is 2.15. The van der Waals surface area contributed by atoms with E-state index in [0.717, 1.165) is 10.6 Å². The largest absolute Gasteiger partial charge is 0.397 e. The summed E-state index contributed by atoms with van der Waals surface area (Å²) in [6.07, 6.45) is 7.23. The van der Waals surface area contributed by atoms with Crippen LogP contribution in [0, 0.1) is 0 Å². The molecule has 1 aromatic carbocycles. The molecule has 2 N–H and O–H groups in total. The third-order valence-electron chi connectivity index (χ3n) is 3.11. The van der Waals surface area contributed by atoms with Gasteiger partial charge in [-0.2, -0.15) is 0 Å². The van der Waals surface area contributed by atoms with Crippen LogP contribution in [0.3, 0.4) is 0 Å². The third-order valence-corrected chi connectivity index (χ3v) is 4.19. The van der Waals surface area contributed by atoms with Crippen LogP contribution in [0.15, 0.2) is 46.5 Å². The second-order valence-electron chi connectivity index (χ2n) is 4.30. The van der Waals surface area contributed by atoms with Crippen LogP contribution < -0.4 is 5.73 Å². The Morgan fingerprint density at radius 3 is 2.88 bits per heavy atom. The summed E-state index contributed by atoms with van der Waals surface area (Å²) in [5.41, 5.74) is 9.66. The maximum atomic E-state index is 5.90. The van der Waals surface area contributed by atoms with Crippen LogP contribution in [0.1, 0.15) is 17.5 Å². The molecular formula is C14H14N2S. The van der Waals surface area contributed by atoms with Gasteiger partial charge in [-0.3, -0.25) is 4.98 Å². The van der Waals surface area contributed by atoms with E-state index >= 15 is 0 Å². The molecule has 1 aromatic heterocycles. The van der Waals surface area contributed by atoms with Crippen LogP contribution in [-0.2, 0) is 12.8 Å². The van der Waals surface area contributed by atoms with E-state index in [1.165, 1.54) is 35.3 Å². The first kappa shape index (κ1) is 10.7. The lowest BCUT2D eigenvalue weighted by molar-refractivity contribution is 0.911. The van der Waals surface area contributed by atoms with E-state index in [2.05, 4.69) is 23.2 Å². The van der Waals surface area contributed by atoms with Crippen LogP contribution in [-0.4, -0.2) is 4.98 Å². The lowest BCUT2D eigenvalue weighted by Crippen LogP contribution is -1.89. The van der Waals surface area contributed by atoms with E-state index in [1.807, 2.05) is 6.07 Å². The molecule has 0 spiro atoms. The summed E-state index contributed by atoms with van der Waals surface area (Å²) in [4.78, 5) is 6.35. The number of fused-ring (bicyclic) bond motifs is 1. The molecule has 0 bridgehead atoms. The molecule has 1 aliphatic rings. The van der Waals surface area contributed by atoms with Gasteiger partial charge in [-0.25, -0.2) is 0 Å². The summed E-state index contributed by atoms with van der Waals surface area (Å²) in [6, 6.07) is 8.71. The number of hydrogen-bond acceptors (Lipinski definition) is 3. The van der Waals surface area contributed by atoms with Gasteiger partial charge in [0.15, 0.2) is 0 Å². The summed E-state index contributed by atoms with van der Waals surface area (Å²) >= 11 is 1.72. The predicted molar refractivity (Wildman–Crippen MR) is 71.2 cm³/mol. The molecule has 2 aromatic rings. The Labute approximate surface area is 105 Å². The summed E-state index contributed by atoms with van der Waals surface area (Å²) in [7, 11) is 0. The van der Waals surface area contributed by atoms with Gasteiger partial charge in [0, 0.05) is 16.0 Å². The SMILES string of the molecule is Nc1cnccc1Sc1ccc2c(c1)CCC2. The van der Waals surface area contributed by atoms with E-state index in [4.69, 9.17) is 5.73 Å². The molecule has 0 saturated heterocycles. The van der Waals surface area contributed by atoms with Gasteiger partial charge in [0.05, 0.1) is 11.9 Å². The number of aryl methyl sites for hydroxylation is 2. The number of rotatable bonds is 2. The molecule has 0 radical (unpaired) electrons. The van der Waals surface area contributed by atoms with E-state index in [-0.39, 0.29) is 0 Å². The Morgan fingerprint density at radius 1 is 1.12 bits per heavy atom. The van der Waals surface area contributed by atoms with Gasteiger partial charge in [-0.15, -0.1) is 0 Å². The summed E-state index contributed by atoms with van der Waals surface area (Å²) < 4.78 is 0. The molecule has 86 valence electrons. The van der Waals surface area contributed by atoms with Crippen LogP contribution in [0.2, 0.25) is 0 Å². The topological polar surface area (TPSA) is 38.9 Å². The van der Waals surface area contributed by atoms with Gasteiger partial charge in [0.1, 0.15) is 0 Å². The highest BCUT2D eigenvalue weighted by Crippen LogP contribution is 2.34. The molecule has 3 heteroatoms. The van der Waals surface area contributed by atoms with Gasteiger partial charge in [0.2, 0.25) is 0 Å². The molecular weight excluding hydrogens is 228 g/mol. The van der Waals surface area contributed by atoms with E-state index in [0.29, 0.717) is 0 Å². The second kappa shape index (κ2) is 4.41. The molecule has 3 rings (SSSR count). The molecule has 1 heterocycles. The zero-order valence-electron chi connectivity index (χ0n) is 9.52. The highest BCUT2D eigenvalue weighted by atomic mass is 32.2. The molecule has 17 heavy (non-hydrogen) atoms. The van der Waals surface area contributed by atoms with E-state index < -0.39 is 0 Å². The van der Waals surface area contributed by atoms with Crippen molar-refractivity contribution in [2.45, 2.75) is 29.1 Å². The Hall–Kier alpha value is -1.48. The van der Waals surface area contributed by atoms with Gasteiger partial charge in [-0.05, 0) is 48.6 Å². The standard InChI is InChI=1S/C14H14N2S/c15-13-9-16-7-6-14(13)17-12-5-4-10-2-1-3-11(10)8-12/h4-9H,1-3,15H2. The maximum Gasteiger partial charge on any atom is 0.0642 e. The van der Waals surface area contributed by atoms with Gasteiger partial charge >= 0.3 is 0 Å². The van der Waals surface area contributed by atoms with Crippen molar-refractivity contribution in [3.05, 3.63) is 47.8 Å². The summed E-state index contributed by atoms with van der Waals surface area (Å²) in [5.74, 6) is 0. The average Bonchev–Trinajstić information content (AvgIpc) is 2.79. The molecule has 0 amide bonds.